The highest BCUT2D eigenvalue weighted by Gasteiger charge is 2.15. The molecule has 0 unspecified atom stereocenters. The molecule has 0 bridgehead atoms. The fourth-order valence-corrected chi connectivity index (χ4v) is 0.963. The molecule has 0 amide bonds. The van der Waals surface area contributed by atoms with Gasteiger partial charge in [-0.3, -0.25) is 0 Å². The van der Waals surface area contributed by atoms with E-state index in [0.717, 1.165) is 25.3 Å². The van der Waals surface area contributed by atoms with Gasteiger partial charge in [-0.15, -0.1) is 0 Å². The number of phenols is 1. The molecule has 0 heterocycles. The minimum atomic E-state index is -2.68. The van der Waals surface area contributed by atoms with Gasteiger partial charge in [0.2, 0.25) is 0 Å². The molecule has 14 heavy (non-hydrogen) atoms. The lowest BCUT2D eigenvalue weighted by Gasteiger charge is -2.05. The van der Waals surface area contributed by atoms with Gasteiger partial charge >= 0.3 is 5.97 Å². The first-order chi connectivity index (χ1) is 6.56. The summed E-state index contributed by atoms with van der Waals surface area (Å²) < 4.78 is 28.7. The van der Waals surface area contributed by atoms with Crippen molar-refractivity contribution in [2.45, 2.75) is 6.43 Å². The summed E-state index contributed by atoms with van der Waals surface area (Å²) in [6.07, 6.45) is -2.68. The molecule has 0 aromatic heterocycles. The number of esters is 1. The Kier molecular flexibility index (Phi) is 3.01. The zero-order chi connectivity index (χ0) is 10.7. The average molecular weight is 202 g/mol. The summed E-state index contributed by atoms with van der Waals surface area (Å²) in [5.74, 6) is -1.22. The quantitative estimate of drug-likeness (QED) is 0.747. The molecule has 1 rings (SSSR count). The highest BCUT2D eigenvalue weighted by molar-refractivity contribution is 5.92. The summed E-state index contributed by atoms with van der Waals surface area (Å²) in [7, 11) is 1.11. The van der Waals surface area contributed by atoms with Crippen LogP contribution in [0.4, 0.5) is 8.78 Å². The molecule has 0 fully saturated rings. The molecule has 0 aliphatic heterocycles. The summed E-state index contributed by atoms with van der Waals surface area (Å²) in [4.78, 5) is 11.0. The molecule has 0 aliphatic carbocycles. The zero-order valence-electron chi connectivity index (χ0n) is 7.33. The third kappa shape index (κ3) is 1.99. The maximum Gasteiger partial charge on any atom is 0.341 e. The summed E-state index contributed by atoms with van der Waals surface area (Å²) >= 11 is 0. The lowest BCUT2D eigenvalue weighted by Crippen LogP contribution is -2.02. The lowest BCUT2D eigenvalue weighted by molar-refractivity contribution is 0.0597. The molecule has 0 aliphatic rings. The van der Waals surface area contributed by atoms with Gasteiger partial charge in [0.05, 0.1) is 7.11 Å². The molecule has 0 spiro atoms. The van der Waals surface area contributed by atoms with Crippen molar-refractivity contribution < 1.29 is 23.4 Å². The Hall–Kier alpha value is -1.65. The topological polar surface area (TPSA) is 46.5 Å². The van der Waals surface area contributed by atoms with Crippen molar-refractivity contribution in [3.05, 3.63) is 29.3 Å². The molecule has 0 atom stereocenters. The smallest absolute Gasteiger partial charge is 0.341 e. The van der Waals surface area contributed by atoms with E-state index in [1.165, 1.54) is 0 Å². The number of hydrogen-bond donors (Lipinski definition) is 1. The number of aromatic hydroxyl groups is 1. The van der Waals surface area contributed by atoms with Gasteiger partial charge < -0.3 is 9.84 Å². The van der Waals surface area contributed by atoms with Crippen LogP contribution in [0.5, 0.6) is 5.75 Å². The number of carbonyl (C=O) groups excluding carboxylic acids is 1. The molecule has 1 N–H and O–H groups in total. The predicted octanol–water partition coefficient (Wildman–Crippen LogP) is 2.12. The van der Waals surface area contributed by atoms with Crippen molar-refractivity contribution in [3.63, 3.8) is 0 Å². The normalized spacial score (nSPS) is 10.3. The van der Waals surface area contributed by atoms with Gasteiger partial charge in [-0.05, 0) is 18.2 Å². The van der Waals surface area contributed by atoms with E-state index in [0.29, 0.717) is 0 Å². The van der Waals surface area contributed by atoms with E-state index < -0.39 is 12.4 Å². The largest absolute Gasteiger partial charge is 0.507 e. The summed E-state index contributed by atoms with van der Waals surface area (Å²) in [6, 6.07) is 2.99. The second-order valence-electron chi connectivity index (χ2n) is 2.57. The van der Waals surface area contributed by atoms with E-state index in [1.807, 2.05) is 0 Å². The number of hydrogen-bond acceptors (Lipinski definition) is 3. The van der Waals surface area contributed by atoms with Crippen LogP contribution in [0, 0.1) is 0 Å². The van der Waals surface area contributed by atoms with E-state index in [4.69, 9.17) is 0 Å². The van der Waals surface area contributed by atoms with E-state index in [9.17, 15) is 18.7 Å². The summed E-state index contributed by atoms with van der Waals surface area (Å²) in [6.45, 7) is 0. The fourth-order valence-electron chi connectivity index (χ4n) is 0.963. The van der Waals surface area contributed by atoms with Crippen LogP contribution in [0.25, 0.3) is 0 Å². The highest BCUT2D eigenvalue weighted by atomic mass is 19.3. The number of alkyl halides is 2. The number of carbonyl (C=O) groups is 1. The van der Waals surface area contributed by atoms with Crippen LogP contribution in [0.2, 0.25) is 0 Å². The van der Waals surface area contributed by atoms with Gasteiger partial charge in [-0.1, -0.05) is 0 Å². The number of methoxy groups -OCH3 is 1. The third-order valence-corrected chi connectivity index (χ3v) is 1.68. The summed E-state index contributed by atoms with van der Waals surface area (Å²) in [5.41, 5.74) is -0.589. The minimum Gasteiger partial charge on any atom is -0.507 e. The van der Waals surface area contributed by atoms with Crippen molar-refractivity contribution in [3.8, 4) is 5.75 Å². The molecular formula is C9H8F2O3. The second kappa shape index (κ2) is 4.04. The van der Waals surface area contributed by atoms with Crippen molar-refractivity contribution in [1.82, 2.24) is 0 Å². The van der Waals surface area contributed by atoms with Crippen LogP contribution in [0.3, 0.4) is 0 Å². The van der Waals surface area contributed by atoms with Gasteiger partial charge in [0.25, 0.3) is 6.43 Å². The highest BCUT2D eigenvalue weighted by Crippen LogP contribution is 2.25. The van der Waals surface area contributed by atoms with Crippen LogP contribution in [0.1, 0.15) is 22.3 Å². The maximum absolute atomic E-state index is 12.2. The van der Waals surface area contributed by atoms with Crippen molar-refractivity contribution >= 4 is 5.97 Å². The van der Waals surface area contributed by atoms with Crippen LogP contribution < -0.4 is 0 Å². The number of benzene rings is 1. The number of rotatable bonds is 2. The zero-order valence-corrected chi connectivity index (χ0v) is 7.33. The lowest BCUT2D eigenvalue weighted by atomic mass is 10.1. The van der Waals surface area contributed by atoms with E-state index in [-0.39, 0.29) is 16.9 Å². The van der Waals surface area contributed by atoms with E-state index >= 15 is 0 Å². The van der Waals surface area contributed by atoms with Crippen LogP contribution in [0.15, 0.2) is 18.2 Å². The predicted molar refractivity (Wildman–Crippen MR) is 44.4 cm³/mol. The molecule has 3 nitrogen and oxygen atoms in total. The Morgan fingerprint density at radius 3 is 2.64 bits per heavy atom. The summed E-state index contributed by atoms with van der Waals surface area (Å²) in [5, 5.41) is 9.17. The Morgan fingerprint density at radius 2 is 2.14 bits per heavy atom. The van der Waals surface area contributed by atoms with Crippen molar-refractivity contribution in [1.29, 1.82) is 0 Å². The van der Waals surface area contributed by atoms with Gasteiger partial charge in [0.1, 0.15) is 11.3 Å². The van der Waals surface area contributed by atoms with Gasteiger partial charge in [0, 0.05) is 5.56 Å². The van der Waals surface area contributed by atoms with Crippen LogP contribution in [-0.4, -0.2) is 18.2 Å². The molecule has 0 saturated carbocycles. The molecule has 76 valence electrons. The van der Waals surface area contributed by atoms with Gasteiger partial charge in [-0.25, -0.2) is 13.6 Å². The Balaban J connectivity index is 3.15. The fraction of sp³-hybridized carbons (Fsp3) is 0.222. The van der Waals surface area contributed by atoms with Crippen LogP contribution in [-0.2, 0) is 4.74 Å². The Bertz CT molecular complexity index is 350. The molecule has 1 aromatic carbocycles. The first kappa shape index (κ1) is 10.4. The average Bonchev–Trinajstić information content (AvgIpc) is 2.17. The minimum absolute atomic E-state index is 0.259. The standard InChI is InChI=1S/C9H8F2O3/c1-14-9(13)6-4-5(8(10)11)2-3-7(6)12/h2-4,8,12H,1H3. The first-order valence-electron chi connectivity index (χ1n) is 3.75. The van der Waals surface area contributed by atoms with Crippen LogP contribution >= 0.6 is 0 Å². The van der Waals surface area contributed by atoms with E-state index in [2.05, 4.69) is 4.74 Å². The monoisotopic (exact) mass is 202 g/mol. The molecule has 5 heteroatoms. The third-order valence-electron chi connectivity index (χ3n) is 1.68. The van der Waals surface area contributed by atoms with E-state index in [1.54, 1.807) is 0 Å². The molecule has 0 saturated heterocycles. The molecule has 0 radical (unpaired) electrons. The second-order valence-corrected chi connectivity index (χ2v) is 2.57. The molecular weight excluding hydrogens is 194 g/mol. The van der Waals surface area contributed by atoms with Gasteiger partial charge in [-0.2, -0.15) is 0 Å². The Morgan fingerprint density at radius 1 is 1.50 bits per heavy atom. The first-order valence-corrected chi connectivity index (χ1v) is 3.75. The number of phenolic OH excluding ortho intramolecular Hbond substituents is 1. The molecule has 1 aromatic rings. The van der Waals surface area contributed by atoms with Gasteiger partial charge in [0.15, 0.2) is 0 Å². The Labute approximate surface area is 78.9 Å². The SMILES string of the molecule is COC(=O)c1cc(C(F)F)ccc1O. The maximum atomic E-state index is 12.2. The van der Waals surface area contributed by atoms with Crippen molar-refractivity contribution in [2.24, 2.45) is 0 Å². The number of ether oxygens (including phenoxy) is 1. The van der Waals surface area contributed by atoms with Crippen molar-refractivity contribution in [2.75, 3.05) is 7.11 Å². The number of halogens is 2.